The minimum Gasteiger partial charge on any atom is -0.448 e. The molecular formula is C21H23NO3. The van der Waals surface area contributed by atoms with E-state index < -0.39 is 0 Å². The molecular weight excluding hydrogens is 314 g/mol. The maximum atomic E-state index is 12.5. The van der Waals surface area contributed by atoms with Gasteiger partial charge in [-0.3, -0.25) is 0 Å². The summed E-state index contributed by atoms with van der Waals surface area (Å²) in [6.07, 6.45) is 0.519. The van der Waals surface area contributed by atoms with E-state index >= 15 is 0 Å². The molecule has 4 rings (SSSR count). The van der Waals surface area contributed by atoms with Gasteiger partial charge in [-0.1, -0.05) is 55.5 Å². The van der Waals surface area contributed by atoms with Crippen LogP contribution in [0.5, 0.6) is 0 Å². The predicted octanol–water partition coefficient (Wildman–Crippen LogP) is 3.64. The van der Waals surface area contributed by atoms with Crippen molar-refractivity contribution in [2.24, 2.45) is 5.92 Å². The van der Waals surface area contributed by atoms with E-state index in [-0.39, 0.29) is 24.7 Å². The number of benzene rings is 2. The fourth-order valence-corrected chi connectivity index (χ4v) is 4.22. The highest BCUT2D eigenvalue weighted by Gasteiger charge is 2.35. The second-order valence-electron chi connectivity index (χ2n) is 7.13. The second kappa shape index (κ2) is 6.52. The number of ether oxygens (including phenoxy) is 1. The number of rotatable bonds is 3. The molecule has 0 aromatic heterocycles. The minimum atomic E-state index is -0.315. The minimum absolute atomic E-state index is 0.00542. The zero-order valence-electron chi connectivity index (χ0n) is 14.4. The highest BCUT2D eigenvalue weighted by Crippen LogP contribution is 2.44. The standard InChI is InChI=1S/C21H23NO3/c1-14-10-15(12-23)22(11-14)21(24)25-13-20-18-8-4-2-6-16(18)17-7-3-5-9-19(17)20/h2-9,14-15,20,23H,10-13H2,1H3/t14-,15+/m1/s1. The molecule has 1 N–H and O–H groups in total. The zero-order valence-corrected chi connectivity index (χ0v) is 14.4. The van der Waals surface area contributed by atoms with Crippen molar-refractivity contribution >= 4 is 6.09 Å². The molecule has 1 saturated heterocycles. The SMILES string of the molecule is C[C@@H]1C[C@@H](CO)N(C(=O)OCC2c3ccccc3-c3ccccc32)C1. The van der Waals surface area contributed by atoms with Crippen LogP contribution in [0.25, 0.3) is 11.1 Å². The Morgan fingerprint density at radius 3 is 2.32 bits per heavy atom. The van der Waals surface area contributed by atoms with Crippen molar-refractivity contribution < 1.29 is 14.6 Å². The van der Waals surface area contributed by atoms with Crippen LogP contribution in [0.3, 0.4) is 0 Å². The highest BCUT2D eigenvalue weighted by molar-refractivity contribution is 5.79. The van der Waals surface area contributed by atoms with Gasteiger partial charge in [-0.15, -0.1) is 0 Å². The van der Waals surface area contributed by atoms with Gasteiger partial charge < -0.3 is 14.7 Å². The first-order chi connectivity index (χ1) is 12.2. The van der Waals surface area contributed by atoms with Crippen molar-refractivity contribution in [3.05, 3.63) is 59.7 Å². The van der Waals surface area contributed by atoms with E-state index in [4.69, 9.17) is 4.74 Å². The lowest BCUT2D eigenvalue weighted by atomic mass is 9.98. The Kier molecular flexibility index (Phi) is 4.22. The van der Waals surface area contributed by atoms with Gasteiger partial charge in [0.2, 0.25) is 0 Å². The van der Waals surface area contributed by atoms with Crippen LogP contribution in [0.4, 0.5) is 4.79 Å². The van der Waals surface area contributed by atoms with Crippen molar-refractivity contribution in [1.82, 2.24) is 4.90 Å². The van der Waals surface area contributed by atoms with Crippen LogP contribution in [0.15, 0.2) is 48.5 Å². The third kappa shape index (κ3) is 2.81. The predicted molar refractivity (Wildman–Crippen MR) is 96.4 cm³/mol. The number of carbonyl (C=O) groups is 1. The first-order valence-electron chi connectivity index (χ1n) is 8.91. The average molecular weight is 337 g/mol. The molecule has 2 aromatic carbocycles. The molecule has 1 amide bonds. The molecule has 0 spiro atoms. The third-order valence-electron chi connectivity index (χ3n) is 5.40. The number of likely N-dealkylation sites (tertiary alicyclic amines) is 1. The summed E-state index contributed by atoms with van der Waals surface area (Å²) in [5.74, 6) is 0.474. The van der Waals surface area contributed by atoms with Gasteiger partial charge in [0.25, 0.3) is 0 Å². The number of amides is 1. The Morgan fingerprint density at radius 2 is 1.72 bits per heavy atom. The Balaban J connectivity index is 1.53. The lowest BCUT2D eigenvalue weighted by Crippen LogP contribution is -2.38. The van der Waals surface area contributed by atoms with Crippen LogP contribution < -0.4 is 0 Å². The van der Waals surface area contributed by atoms with Gasteiger partial charge in [0.1, 0.15) is 6.61 Å². The van der Waals surface area contributed by atoms with Gasteiger partial charge in [-0.05, 0) is 34.6 Å². The molecule has 25 heavy (non-hydrogen) atoms. The van der Waals surface area contributed by atoms with Gasteiger partial charge in [0.15, 0.2) is 0 Å². The van der Waals surface area contributed by atoms with Crippen LogP contribution in [0.2, 0.25) is 0 Å². The van der Waals surface area contributed by atoms with Gasteiger partial charge in [0, 0.05) is 12.5 Å². The van der Waals surface area contributed by atoms with E-state index in [2.05, 4.69) is 31.2 Å². The summed E-state index contributed by atoms with van der Waals surface area (Å²) in [5, 5.41) is 9.49. The number of hydrogen-bond acceptors (Lipinski definition) is 3. The molecule has 2 aromatic rings. The highest BCUT2D eigenvalue weighted by atomic mass is 16.6. The normalized spacial score (nSPS) is 21.9. The topological polar surface area (TPSA) is 49.8 Å². The molecule has 0 bridgehead atoms. The number of aliphatic hydroxyl groups is 1. The van der Waals surface area contributed by atoms with Gasteiger partial charge >= 0.3 is 6.09 Å². The van der Waals surface area contributed by atoms with E-state index in [1.54, 1.807) is 4.90 Å². The number of fused-ring (bicyclic) bond motifs is 3. The van der Waals surface area contributed by atoms with E-state index in [1.165, 1.54) is 22.3 Å². The summed E-state index contributed by atoms with van der Waals surface area (Å²) in [6, 6.07) is 16.5. The first kappa shape index (κ1) is 16.2. The van der Waals surface area contributed by atoms with Crippen LogP contribution in [-0.4, -0.2) is 41.9 Å². The van der Waals surface area contributed by atoms with Crippen molar-refractivity contribution in [2.45, 2.75) is 25.3 Å². The molecule has 1 heterocycles. The summed E-state index contributed by atoms with van der Waals surface area (Å²) in [5.41, 5.74) is 4.87. The third-order valence-corrected chi connectivity index (χ3v) is 5.40. The zero-order chi connectivity index (χ0) is 17.4. The fourth-order valence-electron chi connectivity index (χ4n) is 4.22. The summed E-state index contributed by atoms with van der Waals surface area (Å²) in [4.78, 5) is 14.2. The van der Waals surface area contributed by atoms with Crippen LogP contribution >= 0.6 is 0 Å². The van der Waals surface area contributed by atoms with Crippen molar-refractivity contribution in [3.8, 4) is 11.1 Å². The molecule has 2 atom stereocenters. The summed E-state index contributed by atoms with van der Waals surface area (Å²) >= 11 is 0. The maximum Gasteiger partial charge on any atom is 0.410 e. The Labute approximate surface area is 148 Å². The summed E-state index contributed by atoms with van der Waals surface area (Å²) < 4.78 is 5.68. The number of aliphatic hydroxyl groups excluding tert-OH is 1. The largest absolute Gasteiger partial charge is 0.448 e. The molecule has 0 saturated carbocycles. The average Bonchev–Trinajstić information content (AvgIpc) is 3.18. The number of carbonyl (C=O) groups excluding carboxylic acids is 1. The first-order valence-corrected chi connectivity index (χ1v) is 8.91. The lowest BCUT2D eigenvalue weighted by Gasteiger charge is -2.23. The Bertz CT molecular complexity index is 743. The molecule has 4 heteroatoms. The van der Waals surface area contributed by atoms with Crippen molar-refractivity contribution in [3.63, 3.8) is 0 Å². The quantitative estimate of drug-likeness (QED) is 0.930. The monoisotopic (exact) mass is 337 g/mol. The summed E-state index contributed by atoms with van der Waals surface area (Å²) in [6.45, 7) is 3.08. The van der Waals surface area contributed by atoms with E-state index in [9.17, 15) is 9.90 Å². The van der Waals surface area contributed by atoms with E-state index in [1.807, 2.05) is 24.3 Å². The fraction of sp³-hybridized carbons (Fsp3) is 0.381. The van der Waals surface area contributed by atoms with E-state index in [0.717, 1.165) is 6.42 Å². The van der Waals surface area contributed by atoms with Gasteiger partial charge in [-0.25, -0.2) is 4.79 Å². The molecule has 1 aliphatic heterocycles. The molecule has 1 fully saturated rings. The second-order valence-corrected chi connectivity index (χ2v) is 7.13. The number of hydrogen-bond donors (Lipinski definition) is 1. The number of nitrogens with zero attached hydrogens (tertiary/aromatic N) is 1. The molecule has 1 aliphatic carbocycles. The molecule has 2 aliphatic rings. The van der Waals surface area contributed by atoms with Crippen LogP contribution in [0, 0.1) is 5.92 Å². The smallest absolute Gasteiger partial charge is 0.410 e. The van der Waals surface area contributed by atoms with Crippen LogP contribution in [0.1, 0.15) is 30.4 Å². The molecule has 130 valence electrons. The van der Waals surface area contributed by atoms with E-state index in [0.29, 0.717) is 19.1 Å². The molecule has 0 radical (unpaired) electrons. The van der Waals surface area contributed by atoms with Crippen LogP contribution in [-0.2, 0) is 4.74 Å². The Hall–Kier alpha value is -2.33. The lowest BCUT2D eigenvalue weighted by molar-refractivity contribution is 0.0823. The Morgan fingerprint density at radius 1 is 1.12 bits per heavy atom. The summed E-state index contributed by atoms with van der Waals surface area (Å²) in [7, 11) is 0. The van der Waals surface area contributed by atoms with Gasteiger partial charge in [-0.2, -0.15) is 0 Å². The van der Waals surface area contributed by atoms with Crippen molar-refractivity contribution in [1.29, 1.82) is 0 Å². The molecule has 0 unspecified atom stereocenters. The van der Waals surface area contributed by atoms with Crippen molar-refractivity contribution in [2.75, 3.05) is 19.8 Å². The molecule has 4 nitrogen and oxygen atoms in total. The van der Waals surface area contributed by atoms with Gasteiger partial charge in [0.05, 0.1) is 12.6 Å². The maximum absolute atomic E-state index is 12.5.